The van der Waals surface area contributed by atoms with Gasteiger partial charge in [-0.1, -0.05) is 34.1 Å². The zero-order valence-corrected chi connectivity index (χ0v) is 14.9. The summed E-state index contributed by atoms with van der Waals surface area (Å²) in [6, 6.07) is 13.4. The summed E-state index contributed by atoms with van der Waals surface area (Å²) in [4.78, 5) is 12.3. The van der Waals surface area contributed by atoms with Crippen molar-refractivity contribution in [1.29, 1.82) is 0 Å². The number of halogens is 1. The highest BCUT2D eigenvalue weighted by atomic mass is 79.9. The van der Waals surface area contributed by atoms with Crippen molar-refractivity contribution >= 4 is 27.9 Å². The standard InChI is InChI=1S/C19H18BrNO3/c1-23-17-5-3-2-4-13(17)6-9-19(22)21-16-10-11-24-18-8-7-14(20)12-15(16)18/h2-9,12,16H,10-11H2,1H3,(H,21,22)/b9-6+. The average Bonchev–Trinajstić information content (AvgIpc) is 2.60. The molecule has 0 saturated heterocycles. The summed E-state index contributed by atoms with van der Waals surface area (Å²) >= 11 is 3.47. The molecule has 0 radical (unpaired) electrons. The van der Waals surface area contributed by atoms with Gasteiger partial charge >= 0.3 is 0 Å². The van der Waals surface area contributed by atoms with Crippen LogP contribution in [-0.2, 0) is 4.79 Å². The minimum absolute atomic E-state index is 0.0546. The van der Waals surface area contributed by atoms with Crippen LogP contribution in [0.15, 0.2) is 53.0 Å². The number of benzene rings is 2. The fourth-order valence-corrected chi connectivity index (χ4v) is 3.08. The van der Waals surface area contributed by atoms with E-state index in [9.17, 15) is 4.79 Å². The first-order valence-corrected chi connectivity index (χ1v) is 8.50. The normalized spacial score (nSPS) is 16.3. The van der Waals surface area contributed by atoms with Gasteiger partial charge in [0.2, 0.25) is 5.91 Å². The first-order valence-electron chi connectivity index (χ1n) is 7.71. The molecular formula is C19H18BrNO3. The lowest BCUT2D eigenvalue weighted by Crippen LogP contribution is -2.31. The number of rotatable bonds is 4. The van der Waals surface area contributed by atoms with Gasteiger partial charge in [-0.2, -0.15) is 0 Å². The summed E-state index contributed by atoms with van der Waals surface area (Å²) in [5, 5.41) is 3.04. The molecule has 1 aliphatic heterocycles. The molecular weight excluding hydrogens is 370 g/mol. The molecule has 0 spiro atoms. The molecule has 2 aromatic rings. The minimum atomic E-state index is -0.140. The molecule has 1 unspecified atom stereocenters. The average molecular weight is 388 g/mol. The van der Waals surface area contributed by atoms with E-state index in [0.29, 0.717) is 6.61 Å². The van der Waals surface area contributed by atoms with Crippen molar-refractivity contribution in [2.75, 3.05) is 13.7 Å². The largest absolute Gasteiger partial charge is 0.496 e. The summed E-state index contributed by atoms with van der Waals surface area (Å²) in [5.74, 6) is 1.42. The highest BCUT2D eigenvalue weighted by Crippen LogP contribution is 2.34. The van der Waals surface area contributed by atoms with Crippen LogP contribution >= 0.6 is 15.9 Å². The van der Waals surface area contributed by atoms with Gasteiger partial charge in [0.15, 0.2) is 0 Å². The predicted molar refractivity (Wildman–Crippen MR) is 97.2 cm³/mol. The quantitative estimate of drug-likeness (QED) is 0.802. The van der Waals surface area contributed by atoms with Crippen molar-refractivity contribution in [1.82, 2.24) is 5.32 Å². The highest BCUT2D eigenvalue weighted by molar-refractivity contribution is 9.10. The lowest BCUT2D eigenvalue weighted by atomic mass is 10.0. The third-order valence-corrected chi connectivity index (χ3v) is 4.37. The van der Waals surface area contributed by atoms with E-state index >= 15 is 0 Å². The number of amides is 1. The van der Waals surface area contributed by atoms with E-state index in [2.05, 4.69) is 21.2 Å². The molecule has 1 aliphatic rings. The number of carbonyl (C=O) groups is 1. The fraction of sp³-hybridized carbons (Fsp3) is 0.211. The molecule has 1 amide bonds. The Hall–Kier alpha value is -2.27. The first-order chi connectivity index (χ1) is 11.7. The maximum atomic E-state index is 12.3. The lowest BCUT2D eigenvalue weighted by Gasteiger charge is -2.26. The van der Waals surface area contributed by atoms with Crippen molar-refractivity contribution in [2.45, 2.75) is 12.5 Å². The summed E-state index contributed by atoms with van der Waals surface area (Å²) < 4.78 is 11.9. The van der Waals surface area contributed by atoms with E-state index in [0.717, 1.165) is 33.5 Å². The van der Waals surface area contributed by atoms with Crippen molar-refractivity contribution < 1.29 is 14.3 Å². The van der Waals surface area contributed by atoms with Crippen molar-refractivity contribution in [3.63, 3.8) is 0 Å². The smallest absolute Gasteiger partial charge is 0.244 e. The molecule has 1 N–H and O–H groups in total. The zero-order valence-electron chi connectivity index (χ0n) is 13.3. The third-order valence-electron chi connectivity index (χ3n) is 3.88. The molecule has 24 heavy (non-hydrogen) atoms. The van der Waals surface area contributed by atoms with Crippen LogP contribution in [0, 0.1) is 0 Å². The Morgan fingerprint density at radius 2 is 2.17 bits per heavy atom. The molecule has 124 valence electrons. The van der Waals surface area contributed by atoms with Gasteiger partial charge in [0.25, 0.3) is 0 Å². The Morgan fingerprint density at radius 1 is 1.33 bits per heavy atom. The van der Waals surface area contributed by atoms with E-state index in [1.165, 1.54) is 6.08 Å². The topological polar surface area (TPSA) is 47.6 Å². The zero-order chi connectivity index (χ0) is 16.9. The number of ether oxygens (including phenoxy) is 2. The number of hydrogen-bond acceptors (Lipinski definition) is 3. The van der Waals surface area contributed by atoms with Gasteiger partial charge in [-0.05, 0) is 30.3 Å². The molecule has 0 bridgehead atoms. The Kier molecular flexibility index (Phi) is 5.20. The second kappa shape index (κ2) is 7.53. The van der Waals surface area contributed by atoms with E-state index in [4.69, 9.17) is 9.47 Å². The first kappa shape index (κ1) is 16.6. The minimum Gasteiger partial charge on any atom is -0.496 e. The number of methoxy groups -OCH3 is 1. The fourth-order valence-electron chi connectivity index (χ4n) is 2.70. The number of nitrogens with one attached hydrogen (secondary N) is 1. The predicted octanol–water partition coefficient (Wildman–Crippen LogP) is 4.11. The van der Waals surface area contributed by atoms with E-state index < -0.39 is 0 Å². The third kappa shape index (κ3) is 3.79. The molecule has 4 nitrogen and oxygen atoms in total. The van der Waals surface area contributed by atoms with Gasteiger partial charge in [0.1, 0.15) is 11.5 Å². The van der Waals surface area contributed by atoms with Gasteiger partial charge in [-0.25, -0.2) is 0 Å². The Labute approximate surface area is 149 Å². The van der Waals surface area contributed by atoms with Crippen LogP contribution in [-0.4, -0.2) is 19.6 Å². The molecule has 1 heterocycles. The Bertz CT molecular complexity index is 773. The maximum Gasteiger partial charge on any atom is 0.244 e. The van der Waals surface area contributed by atoms with Crippen LogP contribution in [0.3, 0.4) is 0 Å². The van der Waals surface area contributed by atoms with E-state index in [1.807, 2.05) is 42.5 Å². The molecule has 3 rings (SSSR count). The Balaban J connectivity index is 1.72. The van der Waals surface area contributed by atoms with Gasteiger partial charge in [0.05, 0.1) is 19.8 Å². The summed E-state index contributed by atoms with van der Waals surface area (Å²) in [7, 11) is 1.61. The van der Waals surface area contributed by atoms with Crippen LogP contribution in [0.25, 0.3) is 6.08 Å². The Morgan fingerprint density at radius 3 is 3.00 bits per heavy atom. The number of hydrogen-bond donors (Lipinski definition) is 1. The van der Waals surface area contributed by atoms with Gasteiger partial charge in [0, 0.05) is 28.1 Å². The van der Waals surface area contributed by atoms with Crippen LogP contribution in [0.1, 0.15) is 23.6 Å². The van der Waals surface area contributed by atoms with Crippen LogP contribution in [0.5, 0.6) is 11.5 Å². The number of fused-ring (bicyclic) bond motifs is 1. The number of carbonyl (C=O) groups excluding carboxylic acids is 1. The molecule has 0 aliphatic carbocycles. The second-order valence-electron chi connectivity index (χ2n) is 5.46. The SMILES string of the molecule is COc1ccccc1/C=C/C(=O)NC1CCOc2ccc(Br)cc21. The van der Waals surface area contributed by atoms with Crippen LogP contribution < -0.4 is 14.8 Å². The van der Waals surface area contributed by atoms with E-state index in [1.54, 1.807) is 13.2 Å². The van der Waals surface area contributed by atoms with Gasteiger partial charge in [-0.15, -0.1) is 0 Å². The van der Waals surface area contributed by atoms with Crippen molar-refractivity contribution in [2.24, 2.45) is 0 Å². The van der Waals surface area contributed by atoms with E-state index in [-0.39, 0.29) is 11.9 Å². The summed E-state index contributed by atoms with van der Waals surface area (Å²) in [6.07, 6.45) is 4.04. The van der Waals surface area contributed by atoms with Crippen LogP contribution in [0.4, 0.5) is 0 Å². The second-order valence-corrected chi connectivity index (χ2v) is 6.37. The van der Waals surface area contributed by atoms with Gasteiger partial charge < -0.3 is 14.8 Å². The van der Waals surface area contributed by atoms with Crippen molar-refractivity contribution in [3.05, 3.63) is 64.1 Å². The van der Waals surface area contributed by atoms with Gasteiger partial charge in [-0.3, -0.25) is 4.79 Å². The molecule has 0 aromatic heterocycles. The number of para-hydroxylation sites is 1. The molecule has 0 fully saturated rings. The molecule has 5 heteroatoms. The molecule has 1 atom stereocenters. The molecule has 2 aromatic carbocycles. The monoisotopic (exact) mass is 387 g/mol. The summed E-state index contributed by atoms with van der Waals surface area (Å²) in [5.41, 5.74) is 1.86. The maximum absolute atomic E-state index is 12.3. The molecule has 0 saturated carbocycles. The highest BCUT2D eigenvalue weighted by Gasteiger charge is 2.22. The van der Waals surface area contributed by atoms with Crippen LogP contribution in [0.2, 0.25) is 0 Å². The summed E-state index contributed by atoms with van der Waals surface area (Å²) in [6.45, 7) is 0.593. The lowest BCUT2D eigenvalue weighted by molar-refractivity contribution is -0.117. The van der Waals surface area contributed by atoms with Crippen molar-refractivity contribution in [3.8, 4) is 11.5 Å².